The molecule has 2 aromatic rings. The minimum Gasteiger partial charge on any atom is -0.274 e. The molecule has 2 heterocycles. The van der Waals surface area contributed by atoms with Crippen LogP contribution in [0.15, 0.2) is 23.2 Å². The zero-order valence-corrected chi connectivity index (χ0v) is 12.1. The Morgan fingerprint density at radius 1 is 1.39 bits per heavy atom. The molecule has 1 aliphatic rings. The van der Waals surface area contributed by atoms with E-state index < -0.39 is 0 Å². The first-order valence-corrected chi connectivity index (χ1v) is 7.19. The highest BCUT2D eigenvalue weighted by Gasteiger charge is 2.18. The van der Waals surface area contributed by atoms with Crippen LogP contribution < -0.4 is 0 Å². The number of aromatic nitrogens is 4. The Balaban J connectivity index is 1.67. The van der Waals surface area contributed by atoms with Crippen molar-refractivity contribution < 1.29 is 0 Å². The quantitative estimate of drug-likeness (QED) is 0.870. The standard InChI is InChI=1S/C13H17BrN4/c1-17-9-12(13(14)16-17)5-11-6-15-18(8-11)7-10-3-2-4-10/h6,8-10H,2-5,7H2,1H3. The van der Waals surface area contributed by atoms with E-state index in [0.717, 1.165) is 23.5 Å². The van der Waals surface area contributed by atoms with E-state index in [1.165, 1.54) is 30.4 Å². The molecule has 1 saturated carbocycles. The van der Waals surface area contributed by atoms with Gasteiger partial charge in [0.1, 0.15) is 4.60 Å². The summed E-state index contributed by atoms with van der Waals surface area (Å²) in [5.41, 5.74) is 2.46. The van der Waals surface area contributed by atoms with E-state index >= 15 is 0 Å². The molecule has 0 spiro atoms. The minimum atomic E-state index is 0.850. The molecule has 0 atom stereocenters. The fourth-order valence-corrected chi connectivity index (χ4v) is 2.88. The van der Waals surface area contributed by atoms with Crippen LogP contribution in [-0.2, 0) is 20.0 Å². The lowest BCUT2D eigenvalue weighted by Gasteiger charge is -2.24. The monoisotopic (exact) mass is 308 g/mol. The van der Waals surface area contributed by atoms with Crippen molar-refractivity contribution in [2.45, 2.75) is 32.2 Å². The first-order valence-electron chi connectivity index (χ1n) is 6.40. The topological polar surface area (TPSA) is 35.6 Å². The molecule has 2 aromatic heterocycles. The largest absolute Gasteiger partial charge is 0.274 e. The predicted molar refractivity (Wildman–Crippen MR) is 73.3 cm³/mol. The maximum absolute atomic E-state index is 4.44. The van der Waals surface area contributed by atoms with E-state index in [0.29, 0.717) is 0 Å². The van der Waals surface area contributed by atoms with Crippen LogP contribution >= 0.6 is 15.9 Å². The SMILES string of the molecule is Cn1cc(Cc2cnn(CC3CCC3)c2)c(Br)n1. The van der Waals surface area contributed by atoms with Crippen molar-refractivity contribution in [3.63, 3.8) is 0 Å². The maximum atomic E-state index is 4.44. The van der Waals surface area contributed by atoms with Gasteiger partial charge in [0.25, 0.3) is 0 Å². The summed E-state index contributed by atoms with van der Waals surface area (Å²) in [6.07, 6.45) is 11.2. The second-order valence-corrected chi connectivity index (χ2v) is 5.91. The van der Waals surface area contributed by atoms with Crippen molar-refractivity contribution in [3.8, 4) is 0 Å². The van der Waals surface area contributed by atoms with Gasteiger partial charge >= 0.3 is 0 Å². The van der Waals surface area contributed by atoms with Gasteiger partial charge in [-0.15, -0.1) is 0 Å². The molecule has 0 radical (unpaired) electrons. The molecule has 0 aliphatic heterocycles. The number of halogens is 1. The Bertz CT molecular complexity index is 539. The molecule has 0 amide bonds. The average molecular weight is 309 g/mol. The highest BCUT2D eigenvalue weighted by Crippen LogP contribution is 2.27. The van der Waals surface area contributed by atoms with Gasteiger partial charge in [0.2, 0.25) is 0 Å². The summed E-state index contributed by atoms with van der Waals surface area (Å²) in [5.74, 6) is 0.850. The summed E-state index contributed by atoms with van der Waals surface area (Å²) >= 11 is 3.48. The molecule has 18 heavy (non-hydrogen) atoms. The first-order chi connectivity index (χ1) is 8.70. The summed E-state index contributed by atoms with van der Waals surface area (Å²) in [6.45, 7) is 1.08. The third-order valence-corrected chi connectivity index (χ3v) is 4.27. The van der Waals surface area contributed by atoms with Gasteiger partial charge in [-0.05, 0) is 40.3 Å². The van der Waals surface area contributed by atoms with E-state index in [4.69, 9.17) is 0 Å². The number of aryl methyl sites for hydroxylation is 1. The van der Waals surface area contributed by atoms with Gasteiger partial charge in [-0.3, -0.25) is 9.36 Å². The molecular formula is C13H17BrN4. The Labute approximate surface area is 115 Å². The predicted octanol–water partition coefficient (Wildman–Crippen LogP) is 2.77. The van der Waals surface area contributed by atoms with Crippen LogP contribution in [0.2, 0.25) is 0 Å². The fourth-order valence-electron chi connectivity index (χ4n) is 2.39. The van der Waals surface area contributed by atoms with Gasteiger partial charge in [-0.2, -0.15) is 10.2 Å². The zero-order valence-electron chi connectivity index (χ0n) is 10.5. The first kappa shape index (κ1) is 12.0. The van der Waals surface area contributed by atoms with E-state index in [-0.39, 0.29) is 0 Å². The Hall–Kier alpha value is -1.10. The summed E-state index contributed by atoms with van der Waals surface area (Å²) in [4.78, 5) is 0. The summed E-state index contributed by atoms with van der Waals surface area (Å²) in [7, 11) is 1.94. The van der Waals surface area contributed by atoms with Crippen molar-refractivity contribution in [1.82, 2.24) is 19.6 Å². The number of nitrogens with zero attached hydrogens (tertiary/aromatic N) is 4. The Kier molecular flexibility index (Phi) is 3.24. The van der Waals surface area contributed by atoms with E-state index in [2.05, 4.69) is 37.0 Å². The molecular weight excluding hydrogens is 292 g/mol. The average Bonchev–Trinajstić information content (AvgIpc) is 2.81. The number of hydrogen-bond donors (Lipinski definition) is 0. The molecule has 0 unspecified atom stereocenters. The Morgan fingerprint density at radius 2 is 2.22 bits per heavy atom. The smallest absolute Gasteiger partial charge is 0.131 e. The molecule has 1 aliphatic carbocycles. The lowest BCUT2D eigenvalue weighted by atomic mass is 9.85. The van der Waals surface area contributed by atoms with E-state index in [9.17, 15) is 0 Å². The molecule has 0 aromatic carbocycles. The fraction of sp³-hybridized carbons (Fsp3) is 0.538. The van der Waals surface area contributed by atoms with Crippen molar-refractivity contribution in [2.24, 2.45) is 13.0 Å². The van der Waals surface area contributed by atoms with Crippen LogP contribution in [0.25, 0.3) is 0 Å². The molecule has 0 saturated heterocycles. The third kappa shape index (κ3) is 2.51. The van der Waals surface area contributed by atoms with Crippen molar-refractivity contribution in [1.29, 1.82) is 0 Å². The molecule has 4 nitrogen and oxygen atoms in total. The molecule has 1 fully saturated rings. The molecule has 3 rings (SSSR count). The van der Waals surface area contributed by atoms with E-state index in [1.807, 2.05) is 24.1 Å². The third-order valence-electron chi connectivity index (χ3n) is 3.60. The van der Waals surface area contributed by atoms with Gasteiger partial charge < -0.3 is 0 Å². The van der Waals surface area contributed by atoms with Crippen LogP contribution in [0.1, 0.15) is 30.4 Å². The van der Waals surface area contributed by atoms with Crippen LogP contribution in [0.4, 0.5) is 0 Å². The molecule has 96 valence electrons. The summed E-state index contributed by atoms with van der Waals surface area (Å²) in [6, 6.07) is 0. The van der Waals surface area contributed by atoms with Gasteiger partial charge in [-0.1, -0.05) is 6.42 Å². The van der Waals surface area contributed by atoms with Crippen LogP contribution in [0.5, 0.6) is 0 Å². The van der Waals surface area contributed by atoms with Gasteiger partial charge in [0.15, 0.2) is 0 Å². The van der Waals surface area contributed by atoms with Crippen LogP contribution in [0, 0.1) is 5.92 Å². The molecule has 0 bridgehead atoms. The van der Waals surface area contributed by atoms with Gasteiger partial charge in [-0.25, -0.2) is 0 Å². The van der Waals surface area contributed by atoms with Crippen LogP contribution in [0.3, 0.4) is 0 Å². The lowest BCUT2D eigenvalue weighted by molar-refractivity contribution is 0.266. The summed E-state index contributed by atoms with van der Waals surface area (Å²) < 4.78 is 4.85. The van der Waals surface area contributed by atoms with E-state index in [1.54, 1.807) is 0 Å². The Morgan fingerprint density at radius 3 is 2.83 bits per heavy atom. The second kappa shape index (κ2) is 4.88. The second-order valence-electron chi connectivity index (χ2n) is 5.16. The maximum Gasteiger partial charge on any atom is 0.131 e. The minimum absolute atomic E-state index is 0.850. The van der Waals surface area contributed by atoms with Gasteiger partial charge in [0.05, 0.1) is 6.20 Å². The highest BCUT2D eigenvalue weighted by molar-refractivity contribution is 9.10. The van der Waals surface area contributed by atoms with Crippen molar-refractivity contribution >= 4 is 15.9 Å². The molecule has 5 heteroatoms. The van der Waals surface area contributed by atoms with Crippen molar-refractivity contribution in [2.75, 3.05) is 0 Å². The highest BCUT2D eigenvalue weighted by atomic mass is 79.9. The molecule has 0 N–H and O–H groups in total. The van der Waals surface area contributed by atoms with Gasteiger partial charge in [0, 0.05) is 38.0 Å². The number of rotatable bonds is 4. The lowest BCUT2D eigenvalue weighted by Crippen LogP contribution is -2.18. The number of hydrogen-bond acceptors (Lipinski definition) is 2. The normalized spacial score (nSPS) is 15.9. The zero-order chi connectivity index (χ0) is 12.5. The van der Waals surface area contributed by atoms with Crippen LogP contribution in [-0.4, -0.2) is 19.6 Å². The summed E-state index contributed by atoms with van der Waals surface area (Å²) in [5, 5.41) is 8.74. The van der Waals surface area contributed by atoms with Crippen molar-refractivity contribution in [3.05, 3.63) is 34.3 Å².